The molecule has 0 radical (unpaired) electrons. The Morgan fingerprint density at radius 3 is 2.42 bits per heavy atom. The predicted molar refractivity (Wildman–Crippen MR) is 75.6 cm³/mol. The molecule has 0 aliphatic heterocycles. The average molecular weight is 282 g/mol. The van der Waals surface area contributed by atoms with Crippen LogP contribution in [0.1, 0.15) is 17.3 Å². The molecule has 0 aliphatic rings. The number of para-hydroxylation sites is 1. The number of aldehydes is 1. The molecule has 2 rings (SSSR count). The number of hydrogen-bond acceptors (Lipinski definition) is 4. The van der Waals surface area contributed by atoms with Crippen LogP contribution in [-0.2, 0) is 9.47 Å². The summed E-state index contributed by atoms with van der Waals surface area (Å²) in [6.07, 6.45) is 0.645. The molecule has 19 heavy (non-hydrogen) atoms. The van der Waals surface area contributed by atoms with E-state index in [1.54, 1.807) is 20.3 Å². The lowest BCUT2D eigenvalue weighted by atomic mass is 10.2. The number of carbonyl (C=O) groups excluding carboxylic acids is 1. The molecule has 0 atom stereocenters. The number of pyridine rings is 1. The Morgan fingerprint density at radius 2 is 1.89 bits per heavy atom. The average Bonchev–Trinajstić information content (AvgIpc) is 2.46. The Kier molecular flexibility index (Phi) is 6.42. The first-order valence-corrected chi connectivity index (χ1v) is 6.06. The monoisotopic (exact) mass is 281 g/mol. The highest BCUT2D eigenvalue weighted by molar-refractivity contribution is 6.32. The van der Waals surface area contributed by atoms with Gasteiger partial charge in [-0.25, -0.2) is 4.98 Å². The normalized spacial score (nSPS) is 10.2. The van der Waals surface area contributed by atoms with Crippen LogP contribution in [0.15, 0.2) is 30.3 Å². The minimum atomic E-state index is -0.0648. The van der Waals surface area contributed by atoms with Gasteiger partial charge in [-0.05, 0) is 19.1 Å². The Bertz CT molecular complexity index is 541. The number of rotatable bonds is 3. The highest BCUT2D eigenvalue weighted by Gasteiger charge is 2.02. The zero-order valence-electron chi connectivity index (χ0n) is 11.1. The van der Waals surface area contributed by atoms with Crippen LogP contribution in [0.5, 0.6) is 0 Å². The summed E-state index contributed by atoms with van der Waals surface area (Å²) in [6, 6.07) is 9.26. The first kappa shape index (κ1) is 15.6. The largest absolute Gasteiger partial charge is 0.356 e. The molecule has 1 heterocycles. The molecule has 0 bridgehead atoms. The number of halogens is 1. The van der Waals surface area contributed by atoms with Gasteiger partial charge in [0.1, 0.15) is 5.15 Å². The maximum Gasteiger partial charge on any atom is 0.154 e. The second kappa shape index (κ2) is 7.84. The third kappa shape index (κ3) is 4.59. The van der Waals surface area contributed by atoms with E-state index in [1.807, 2.05) is 31.2 Å². The van der Waals surface area contributed by atoms with E-state index in [1.165, 1.54) is 0 Å². The van der Waals surface area contributed by atoms with Gasteiger partial charge in [-0.1, -0.05) is 29.8 Å². The number of carbonyl (C=O) groups is 1. The summed E-state index contributed by atoms with van der Waals surface area (Å²) in [4.78, 5) is 14.6. The van der Waals surface area contributed by atoms with Crippen LogP contribution < -0.4 is 0 Å². The molecular formula is C14H16ClNO3. The second-order valence-electron chi connectivity index (χ2n) is 3.72. The van der Waals surface area contributed by atoms with Gasteiger partial charge in [0, 0.05) is 19.6 Å². The minimum absolute atomic E-state index is 0.0648. The lowest BCUT2D eigenvalue weighted by molar-refractivity contribution is -0.0877. The van der Waals surface area contributed by atoms with Gasteiger partial charge in [-0.15, -0.1) is 0 Å². The lowest BCUT2D eigenvalue weighted by Crippen LogP contribution is -2.05. The SMILES string of the molecule is COC(C)OC.O=Cc1cc2ccccc2nc1Cl. The van der Waals surface area contributed by atoms with Crippen LogP contribution in [0.4, 0.5) is 0 Å². The van der Waals surface area contributed by atoms with E-state index in [9.17, 15) is 4.79 Å². The van der Waals surface area contributed by atoms with Gasteiger partial charge in [0.15, 0.2) is 12.6 Å². The number of fused-ring (bicyclic) bond motifs is 1. The van der Waals surface area contributed by atoms with Gasteiger partial charge >= 0.3 is 0 Å². The van der Waals surface area contributed by atoms with Gasteiger partial charge in [0.2, 0.25) is 0 Å². The van der Waals surface area contributed by atoms with Crippen LogP contribution in [0, 0.1) is 0 Å². The van der Waals surface area contributed by atoms with Crippen molar-refractivity contribution in [3.8, 4) is 0 Å². The van der Waals surface area contributed by atoms with E-state index in [0.29, 0.717) is 11.8 Å². The van der Waals surface area contributed by atoms with Crippen molar-refractivity contribution in [1.29, 1.82) is 0 Å². The van der Waals surface area contributed by atoms with E-state index in [4.69, 9.17) is 11.6 Å². The fraction of sp³-hybridized carbons (Fsp3) is 0.286. The zero-order valence-corrected chi connectivity index (χ0v) is 11.8. The fourth-order valence-electron chi connectivity index (χ4n) is 1.29. The molecule has 0 N–H and O–H groups in total. The molecule has 0 saturated carbocycles. The van der Waals surface area contributed by atoms with Crippen LogP contribution in [0.2, 0.25) is 5.15 Å². The molecule has 4 nitrogen and oxygen atoms in total. The molecule has 0 amide bonds. The van der Waals surface area contributed by atoms with E-state index in [0.717, 1.165) is 10.9 Å². The topological polar surface area (TPSA) is 48.4 Å². The van der Waals surface area contributed by atoms with Crippen molar-refractivity contribution in [2.45, 2.75) is 13.2 Å². The highest BCUT2D eigenvalue weighted by Crippen LogP contribution is 2.18. The summed E-state index contributed by atoms with van der Waals surface area (Å²) in [5, 5.41) is 1.18. The van der Waals surface area contributed by atoms with E-state index < -0.39 is 0 Å². The third-order valence-corrected chi connectivity index (χ3v) is 2.80. The standard InChI is InChI=1S/C10H6ClNO.C4H10O2/c11-10-8(6-13)5-7-3-1-2-4-9(7)12-10;1-4(5-2)6-3/h1-6H;4H,1-3H3. The summed E-state index contributed by atoms with van der Waals surface area (Å²) < 4.78 is 9.35. The molecule has 0 aliphatic carbocycles. The lowest BCUT2D eigenvalue weighted by Gasteiger charge is -2.03. The van der Waals surface area contributed by atoms with Crippen molar-refractivity contribution >= 4 is 28.8 Å². The van der Waals surface area contributed by atoms with E-state index in [-0.39, 0.29) is 11.4 Å². The molecule has 0 saturated heterocycles. The van der Waals surface area contributed by atoms with E-state index >= 15 is 0 Å². The summed E-state index contributed by atoms with van der Waals surface area (Å²) in [7, 11) is 3.21. The predicted octanol–water partition coefficient (Wildman–Crippen LogP) is 3.33. The van der Waals surface area contributed by atoms with Gasteiger partial charge in [-0.2, -0.15) is 0 Å². The quantitative estimate of drug-likeness (QED) is 0.492. The number of benzene rings is 1. The molecule has 1 aromatic carbocycles. The first-order chi connectivity index (χ1) is 9.12. The Balaban J connectivity index is 0.000000258. The Hall–Kier alpha value is -1.49. The van der Waals surface area contributed by atoms with Crippen LogP contribution in [0.3, 0.4) is 0 Å². The first-order valence-electron chi connectivity index (χ1n) is 5.68. The number of ether oxygens (including phenoxy) is 2. The summed E-state index contributed by atoms with van der Waals surface area (Å²) in [5.74, 6) is 0. The minimum Gasteiger partial charge on any atom is -0.356 e. The van der Waals surface area contributed by atoms with Crippen molar-refractivity contribution < 1.29 is 14.3 Å². The van der Waals surface area contributed by atoms with Crippen molar-refractivity contribution in [3.05, 3.63) is 41.0 Å². The van der Waals surface area contributed by atoms with Crippen molar-refractivity contribution in [1.82, 2.24) is 4.98 Å². The van der Waals surface area contributed by atoms with Crippen LogP contribution in [-0.4, -0.2) is 31.8 Å². The molecule has 0 spiro atoms. The summed E-state index contributed by atoms with van der Waals surface area (Å²) in [6.45, 7) is 1.83. The molecule has 5 heteroatoms. The maximum absolute atomic E-state index is 10.5. The highest BCUT2D eigenvalue weighted by atomic mass is 35.5. The Labute approximate surface area is 117 Å². The second-order valence-corrected chi connectivity index (χ2v) is 4.08. The smallest absolute Gasteiger partial charge is 0.154 e. The van der Waals surface area contributed by atoms with Gasteiger partial charge in [-0.3, -0.25) is 4.79 Å². The van der Waals surface area contributed by atoms with Crippen molar-refractivity contribution in [2.24, 2.45) is 0 Å². The van der Waals surface area contributed by atoms with Crippen molar-refractivity contribution in [3.63, 3.8) is 0 Å². The number of hydrogen-bond donors (Lipinski definition) is 0. The third-order valence-electron chi connectivity index (χ3n) is 2.50. The zero-order chi connectivity index (χ0) is 14.3. The molecular weight excluding hydrogens is 266 g/mol. The van der Waals surface area contributed by atoms with Crippen LogP contribution >= 0.6 is 11.6 Å². The molecule has 0 fully saturated rings. The van der Waals surface area contributed by atoms with Gasteiger partial charge in [0.05, 0.1) is 11.1 Å². The molecule has 2 aromatic rings. The van der Waals surface area contributed by atoms with Gasteiger partial charge in [0.25, 0.3) is 0 Å². The molecule has 0 unspecified atom stereocenters. The number of aromatic nitrogens is 1. The van der Waals surface area contributed by atoms with E-state index in [2.05, 4.69) is 14.5 Å². The number of methoxy groups -OCH3 is 2. The van der Waals surface area contributed by atoms with Gasteiger partial charge < -0.3 is 9.47 Å². The maximum atomic E-state index is 10.5. The Morgan fingerprint density at radius 1 is 1.26 bits per heavy atom. The van der Waals surface area contributed by atoms with Crippen molar-refractivity contribution in [2.75, 3.05) is 14.2 Å². The number of nitrogens with zero attached hydrogens (tertiary/aromatic N) is 1. The molecule has 1 aromatic heterocycles. The summed E-state index contributed by atoms with van der Waals surface area (Å²) in [5.41, 5.74) is 1.23. The molecule has 102 valence electrons. The fourth-order valence-corrected chi connectivity index (χ4v) is 1.48. The van der Waals surface area contributed by atoms with Crippen LogP contribution in [0.25, 0.3) is 10.9 Å². The summed E-state index contributed by atoms with van der Waals surface area (Å²) >= 11 is 5.76.